The molecule has 0 radical (unpaired) electrons. The van der Waals surface area contributed by atoms with Gasteiger partial charge in [0, 0.05) is 17.6 Å². The Morgan fingerprint density at radius 3 is 3.10 bits per heavy atom. The number of hydrogen-bond acceptors (Lipinski definition) is 3. The summed E-state index contributed by atoms with van der Waals surface area (Å²) >= 11 is 3.50. The average Bonchev–Trinajstić information content (AvgIpc) is 2.39. The van der Waals surface area contributed by atoms with Crippen molar-refractivity contribution in [1.29, 1.82) is 0 Å². The van der Waals surface area contributed by atoms with Gasteiger partial charge in [-0.2, -0.15) is 0 Å². The standard InChI is InChI=1S/C15H21BrN2O2/c16-14-5-1-3-12(7-14)10-18-6-2-4-13(11-18)8-17-9-15(19)20/h1,3,5,7,13,17H,2,4,6,8-11H2,(H,19,20). The van der Waals surface area contributed by atoms with Gasteiger partial charge in [-0.25, -0.2) is 0 Å². The predicted molar refractivity (Wildman–Crippen MR) is 82.6 cm³/mol. The molecule has 0 amide bonds. The second-order valence-corrected chi connectivity index (χ2v) is 6.31. The molecule has 20 heavy (non-hydrogen) atoms. The third-order valence-electron chi connectivity index (χ3n) is 3.61. The summed E-state index contributed by atoms with van der Waals surface area (Å²) < 4.78 is 1.12. The zero-order valence-electron chi connectivity index (χ0n) is 11.5. The maximum absolute atomic E-state index is 10.5. The number of nitrogens with one attached hydrogen (secondary N) is 1. The van der Waals surface area contributed by atoms with Crippen LogP contribution in [0.4, 0.5) is 0 Å². The molecule has 0 saturated carbocycles. The predicted octanol–water partition coefficient (Wildman–Crippen LogP) is 2.34. The lowest BCUT2D eigenvalue weighted by atomic mass is 9.97. The highest BCUT2D eigenvalue weighted by Gasteiger charge is 2.19. The summed E-state index contributed by atoms with van der Waals surface area (Å²) in [7, 11) is 0. The van der Waals surface area contributed by atoms with E-state index in [9.17, 15) is 4.79 Å². The largest absolute Gasteiger partial charge is 0.480 e. The smallest absolute Gasteiger partial charge is 0.317 e. The molecule has 1 unspecified atom stereocenters. The Balaban J connectivity index is 1.79. The molecule has 2 N–H and O–H groups in total. The molecule has 0 aromatic heterocycles. The normalized spacial score (nSPS) is 19.9. The molecule has 1 aromatic rings. The van der Waals surface area contributed by atoms with Gasteiger partial charge in [0.1, 0.15) is 0 Å². The molecule has 0 spiro atoms. The molecule has 1 aliphatic heterocycles. The monoisotopic (exact) mass is 340 g/mol. The van der Waals surface area contributed by atoms with Crippen molar-refractivity contribution in [1.82, 2.24) is 10.2 Å². The average molecular weight is 341 g/mol. The lowest BCUT2D eigenvalue weighted by Crippen LogP contribution is -2.40. The van der Waals surface area contributed by atoms with Gasteiger partial charge >= 0.3 is 5.97 Å². The van der Waals surface area contributed by atoms with E-state index in [4.69, 9.17) is 5.11 Å². The van der Waals surface area contributed by atoms with Crippen molar-refractivity contribution in [2.24, 2.45) is 5.92 Å². The Morgan fingerprint density at radius 1 is 1.50 bits per heavy atom. The molecule has 0 bridgehead atoms. The van der Waals surface area contributed by atoms with Gasteiger partial charge in [-0.3, -0.25) is 9.69 Å². The summed E-state index contributed by atoms with van der Waals surface area (Å²) in [6.45, 7) is 3.99. The highest BCUT2D eigenvalue weighted by Crippen LogP contribution is 2.19. The third kappa shape index (κ3) is 5.23. The fourth-order valence-corrected chi connectivity index (χ4v) is 3.18. The molecule has 1 atom stereocenters. The number of halogens is 1. The Labute approximate surface area is 128 Å². The second-order valence-electron chi connectivity index (χ2n) is 5.40. The van der Waals surface area contributed by atoms with Gasteiger partial charge < -0.3 is 10.4 Å². The van der Waals surface area contributed by atoms with Crippen LogP contribution in [0.15, 0.2) is 28.7 Å². The lowest BCUT2D eigenvalue weighted by Gasteiger charge is -2.32. The molecular formula is C15H21BrN2O2. The number of piperidine rings is 1. The van der Waals surface area contributed by atoms with Gasteiger partial charge in [0.15, 0.2) is 0 Å². The van der Waals surface area contributed by atoms with Crippen molar-refractivity contribution in [3.05, 3.63) is 34.3 Å². The Morgan fingerprint density at radius 2 is 2.35 bits per heavy atom. The molecule has 2 rings (SSSR count). The van der Waals surface area contributed by atoms with E-state index in [-0.39, 0.29) is 6.54 Å². The van der Waals surface area contributed by atoms with Gasteiger partial charge in [0.2, 0.25) is 0 Å². The minimum absolute atomic E-state index is 0.0577. The van der Waals surface area contributed by atoms with Crippen molar-refractivity contribution < 1.29 is 9.90 Å². The molecule has 5 heteroatoms. The number of rotatable bonds is 6. The van der Waals surface area contributed by atoms with E-state index in [1.807, 2.05) is 6.07 Å². The summed E-state index contributed by atoms with van der Waals surface area (Å²) in [5.41, 5.74) is 1.32. The van der Waals surface area contributed by atoms with Gasteiger partial charge in [-0.1, -0.05) is 28.1 Å². The van der Waals surface area contributed by atoms with Crippen LogP contribution in [-0.4, -0.2) is 42.2 Å². The van der Waals surface area contributed by atoms with E-state index in [1.165, 1.54) is 18.4 Å². The fourth-order valence-electron chi connectivity index (χ4n) is 2.74. The van der Waals surface area contributed by atoms with Crippen LogP contribution in [0, 0.1) is 5.92 Å². The van der Waals surface area contributed by atoms with Crippen molar-refractivity contribution in [3.63, 3.8) is 0 Å². The van der Waals surface area contributed by atoms with Gasteiger partial charge in [0.05, 0.1) is 6.54 Å². The Kier molecular flexibility index (Phi) is 6.01. The van der Waals surface area contributed by atoms with Crippen molar-refractivity contribution in [2.75, 3.05) is 26.2 Å². The minimum atomic E-state index is -0.785. The first-order valence-electron chi connectivity index (χ1n) is 7.03. The summed E-state index contributed by atoms with van der Waals surface area (Å²) in [5, 5.41) is 11.7. The number of carboxylic acid groups (broad SMARTS) is 1. The highest BCUT2D eigenvalue weighted by atomic mass is 79.9. The van der Waals surface area contributed by atoms with Crippen molar-refractivity contribution in [2.45, 2.75) is 19.4 Å². The SMILES string of the molecule is O=C(O)CNCC1CCCN(Cc2cccc(Br)c2)C1. The molecule has 110 valence electrons. The van der Waals surface area contributed by atoms with E-state index in [0.29, 0.717) is 5.92 Å². The molecule has 1 aromatic carbocycles. The summed E-state index contributed by atoms with van der Waals surface area (Å²) in [6.07, 6.45) is 2.37. The molecule has 1 saturated heterocycles. The first kappa shape index (κ1) is 15.5. The number of carbonyl (C=O) groups is 1. The summed E-state index contributed by atoms with van der Waals surface area (Å²) in [6, 6.07) is 8.41. The van der Waals surface area contributed by atoms with Crippen molar-refractivity contribution >= 4 is 21.9 Å². The first-order chi connectivity index (χ1) is 9.63. The number of likely N-dealkylation sites (tertiary alicyclic amines) is 1. The van der Waals surface area contributed by atoms with Gasteiger partial charge in [-0.05, 0) is 49.5 Å². The fraction of sp³-hybridized carbons (Fsp3) is 0.533. The molecular weight excluding hydrogens is 320 g/mol. The summed E-state index contributed by atoms with van der Waals surface area (Å²) in [4.78, 5) is 13.0. The van der Waals surface area contributed by atoms with Crippen LogP contribution in [0.1, 0.15) is 18.4 Å². The zero-order chi connectivity index (χ0) is 14.4. The van der Waals surface area contributed by atoms with Crippen molar-refractivity contribution in [3.8, 4) is 0 Å². The number of aliphatic carboxylic acids is 1. The Hall–Kier alpha value is -0.910. The highest BCUT2D eigenvalue weighted by molar-refractivity contribution is 9.10. The molecule has 4 nitrogen and oxygen atoms in total. The van der Waals surface area contributed by atoms with E-state index in [2.05, 4.69) is 44.3 Å². The summed E-state index contributed by atoms with van der Waals surface area (Å²) in [5.74, 6) is -0.234. The van der Waals surface area contributed by atoms with Gasteiger partial charge in [-0.15, -0.1) is 0 Å². The topological polar surface area (TPSA) is 52.6 Å². The van der Waals surface area contributed by atoms with Crippen LogP contribution in [0.5, 0.6) is 0 Å². The number of carboxylic acids is 1. The second kappa shape index (κ2) is 7.76. The lowest BCUT2D eigenvalue weighted by molar-refractivity contribution is -0.136. The van der Waals surface area contributed by atoms with Crippen LogP contribution in [0.2, 0.25) is 0 Å². The number of benzene rings is 1. The van der Waals surface area contributed by atoms with E-state index >= 15 is 0 Å². The zero-order valence-corrected chi connectivity index (χ0v) is 13.1. The number of nitrogens with zero attached hydrogens (tertiary/aromatic N) is 1. The van der Waals surface area contributed by atoms with Crippen LogP contribution in [0.25, 0.3) is 0 Å². The number of hydrogen-bond donors (Lipinski definition) is 2. The van der Waals surface area contributed by atoms with Crippen LogP contribution in [0.3, 0.4) is 0 Å². The van der Waals surface area contributed by atoms with E-state index < -0.39 is 5.97 Å². The van der Waals surface area contributed by atoms with Gasteiger partial charge in [0.25, 0.3) is 0 Å². The van der Waals surface area contributed by atoms with Crippen LogP contribution >= 0.6 is 15.9 Å². The van der Waals surface area contributed by atoms with E-state index in [1.54, 1.807) is 0 Å². The van der Waals surface area contributed by atoms with Crippen LogP contribution in [-0.2, 0) is 11.3 Å². The molecule has 1 aliphatic rings. The molecule has 1 fully saturated rings. The minimum Gasteiger partial charge on any atom is -0.480 e. The Bertz CT molecular complexity index is 453. The third-order valence-corrected chi connectivity index (χ3v) is 4.10. The van der Waals surface area contributed by atoms with Crippen LogP contribution < -0.4 is 5.32 Å². The first-order valence-corrected chi connectivity index (χ1v) is 7.82. The maximum atomic E-state index is 10.5. The maximum Gasteiger partial charge on any atom is 0.317 e. The molecule has 1 heterocycles. The molecule has 0 aliphatic carbocycles. The van der Waals surface area contributed by atoms with E-state index in [0.717, 1.165) is 30.7 Å². The quantitative estimate of drug-likeness (QED) is 0.834.